The van der Waals surface area contributed by atoms with E-state index >= 15 is 4.39 Å². The first kappa shape index (κ1) is 19.1. The molecule has 6 nitrogen and oxygen atoms in total. The van der Waals surface area contributed by atoms with Gasteiger partial charge < -0.3 is 15.1 Å². The second-order valence-electron chi connectivity index (χ2n) is 6.85. The van der Waals surface area contributed by atoms with Crippen LogP contribution in [0.1, 0.15) is 17.5 Å². The topological polar surface area (TPSA) is 86.5 Å². The number of aromatic nitrogens is 2. The molecule has 4 rings (SSSR count). The van der Waals surface area contributed by atoms with E-state index in [-0.39, 0.29) is 17.7 Å². The van der Waals surface area contributed by atoms with Gasteiger partial charge in [0.2, 0.25) is 5.95 Å². The summed E-state index contributed by atoms with van der Waals surface area (Å²) in [5.74, 6) is -1.26. The van der Waals surface area contributed by atoms with Gasteiger partial charge in [-0.3, -0.25) is 0 Å². The third-order valence-electron chi connectivity index (χ3n) is 4.96. The zero-order chi connectivity index (χ0) is 20.5. The third-order valence-corrected chi connectivity index (χ3v) is 5.20. The van der Waals surface area contributed by atoms with E-state index < -0.39 is 17.8 Å². The Labute approximate surface area is 171 Å². The van der Waals surface area contributed by atoms with Gasteiger partial charge in [-0.25, -0.2) is 19.2 Å². The average Bonchev–Trinajstić information content (AvgIpc) is 2.64. The Bertz CT molecular complexity index is 1080. The van der Waals surface area contributed by atoms with Gasteiger partial charge in [0.15, 0.2) is 0 Å². The van der Waals surface area contributed by atoms with E-state index in [9.17, 15) is 9.90 Å². The zero-order valence-electron chi connectivity index (χ0n) is 15.2. The highest BCUT2D eigenvalue weighted by Gasteiger charge is 2.35. The van der Waals surface area contributed by atoms with E-state index in [2.05, 4.69) is 9.97 Å². The van der Waals surface area contributed by atoms with Crippen molar-refractivity contribution in [2.24, 2.45) is 0 Å². The summed E-state index contributed by atoms with van der Waals surface area (Å²) in [6.07, 6.45) is 3.91. The number of hydrogen-bond acceptors (Lipinski definition) is 5. The molecule has 2 heterocycles. The summed E-state index contributed by atoms with van der Waals surface area (Å²) < 4.78 is 15.1. The molecular formula is C21H17ClFN3O3. The number of anilines is 1. The zero-order valence-corrected chi connectivity index (χ0v) is 16.0. The van der Waals surface area contributed by atoms with Crippen LogP contribution in [0, 0.1) is 5.82 Å². The number of carbonyl (C=O) groups is 1. The van der Waals surface area contributed by atoms with Crippen molar-refractivity contribution in [1.29, 1.82) is 0 Å². The normalized spacial score (nSPS) is 15.8. The number of benzene rings is 2. The van der Waals surface area contributed by atoms with Crippen LogP contribution in [0.25, 0.3) is 11.1 Å². The van der Waals surface area contributed by atoms with E-state index in [4.69, 9.17) is 16.7 Å². The second kappa shape index (κ2) is 7.67. The van der Waals surface area contributed by atoms with Crippen molar-refractivity contribution in [3.63, 3.8) is 0 Å². The number of nitrogens with zero attached hydrogens (tertiary/aromatic N) is 3. The predicted molar refractivity (Wildman–Crippen MR) is 107 cm³/mol. The molecule has 8 heteroatoms. The van der Waals surface area contributed by atoms with E-state index in [1.165, 1.54) is 12.1 Å². The number of carboxylic acids is 1. The highest BCUT2D eigenvalue weighted by molar-refractivity contribution is 6.30. The van der Waals surface area contributed by atoms with Crippen molar-refractivity contribution < 1.29 is 19.4 Å². The molecule has 1 atom stereocenters. The van der Waals surface area contributed by atoms with Crippen LogP contribution >= 0.6 is 11.6 Å². The monoisotopic (exact) mass is 413 g/mol. The van der Waals surface area contributed by atoms with E-state index in [1.807, 2.05) is 0 Å². The Morgan fingerprint density at radius 3 is 2.62 bits per heavy atom. The molecule has 1 aliphatic heterocycles. The first-order valence-corrected chi connectivity index (χ1v) is 9.38. The lowest BCUT2D eigenvalue weighted by molar-refractivity contribution is -0.140. The van der Waals surface area contributed by atoms with Gasteiger partial charge in [0.25, 0.3) is 0 Å². The molecule has 0 bridgehead atoms. The van der Waals surface area contributed by atoms with Gasteiger partial charge in [0.05, 0.1) is 5.56 Å². The minimum absolute atomic E-state index is 0.0902. The first-order valence-electron chi connectivity index (χ1n) is 9.00. The van der Waals surface area contributed by atoms with Crippen molar-refractivity contribution >= 4 is 23.5 Å². The maximum Gasteiger partial charge on any atom is 0.326 e. The SMILES string of the molecule is O=C(O)C1CCN1c1ncc(Cc2ccc(O)c(-c3cccc(Cl)c3)c2F)cn1. The fourth-order valence-electron chi connectivity index (χ4n) is 3.36. The summed E-state index contributed by atoms with van der Waals surface area (Å²) in [7, 11) is 0. The van der Waals surface area contributed by atoms with Gasteiger partial charge in [-0.05, 0) is 41.3 Å². The van der Waals surface area contributed by atoms with E-state index in [0.29, 0.717) is 40.6 Å². The Morgan fingerprint density at radius 1 is 1.24 bits per heavy atom. The van der Waals surface area contributed by atoms with Gasteiger partial charge in [-0.15, -0.1) is 0 Å². The molecular weight excluding hydrogens is 397 g/mol. The van der Waals surface area contributed by atoms with Crippen molar-refractivity contribution in [3.8, 4) is 16.9 Å². The molecule has 0 aliphatic carbocycles. The quantitative estimate of drug-likeness (QED) is 0.659. The number of carboxylic acid groups (broad SMARTS) is 1. The summed E-state index contributed by atoms with van der Waals surface area (Å²) in [5, 5.41) is 19.7. The third kappa shape index (κ3) is 3.73. The maximum absolute atomic E-state index is 15.1. The van der Waals surface area contributed by atoms with Crippen LogP contribution in [-0.4, -0.2) is 38.7 Å². The lowest BCUT2D eigenvalue weighted by atomic mass is 9.98. The highest BCUT2D eigenvalue weighted by Crippen LogP contribution is 2.35. The van der Waals surface area contributed by atoms with Crippen LogP contribution in [0.15, 0.2) is 48.8 Å². The number of aliphatic carboxylic acids is 1. The Kier molecular flexibility index (Phi) is 5.07. The second-order valence-corrected chi connectivity index (χ2v) is 7.28. The van der Waals surface area contributed by atoms with Gasteiger partial charge in [-0.1, -0.05) is 29.8 Å². The largest absolute Gasteiger partial charge is 0.507 e. The minimum Gasteiger partial charge on any atom is -0.507 e. The summed E-state index contributed by atoms with van der Waals surface area (Å²) in [6, 6.07) is 9.00. The minimum atomic E-state index is -0.899. The first-order chi connectivity index (χ1) is 13.9. The standard InChI is InChI=1S/C21H17ClFN3O3/c22-15-3-1-2-13(9-15)18-17(27)5-4-14(19(18)23)8-12-10-24-21(25-11-12)26-7-6-16(26)20(28)29/h1-5,9-11,16,27H,6-8H2,(H,28,29). The van der Waals surface area contributed by atoms with Gasteiger partial charge >= 0.3 is 5.97 Å². The van der Waals surface area contributed by atoms with Gasteiger partial charge in [-0.2, -0.15) is 0 Å². The molecule has 1 fully saturated rings. The van der Waals surface area contributed by atoms with Crippen molar-refractivity contribution in [3.05, 3.63) is 70.8 Å². The number of phenolic OH excluding ortho intramolecular Hbond substituents is 1. The number of aromatic hydroxyl groups is 1. The smallest absolute Gasteiger partial charge is 0.326 e. The van der Waals surface area contributed by atoms with Crippen LogP contribution in [0.2, 0.25) is 5.02 Å². The maximum atomic E-state index is 15.1. The van der Waals surface area contributed by atoms with E-state index in [0.717, 1.165) is 0 Å². The van der Waals surface area contributed by atoms with Crippen LogP contribution in [-0.2, 0) is 11.2 Å². The molecule has 1 aliphatic rings. The number of rotatable bonds is 5. The lowest BCUT2D eigenvalue weighted by Gasteiger charge is -2.37. The van der Waals surface area contributed by atoms with Crippen molar-refractivity contribution in [2.45, 2.75) is 18.9 Å². The van der Waals surface area contributed by atoms with Crippen LogP contribution in [0.5, 0.6) is 5.75 Å². The van der Waals surface area contributed by atoms with Crippen LogP contribution < -0.4 is 4.90 Å². The molecule has 3 aromatic rings. The molecule has 2 N–H and O–H groups in total. The molecule has 0 spiro atoms. The average molecular weight is 414 g/mol. The van der Waals surface area contributed by atoms with E-state index in [1.54, 1.807) is 41.6 Å². The molecule has 1 aromatic heterocycles. The fraction of sp³-hybridized carbons (Fsp3) is 0.190. The highest BCUT2D eigenvalue weighted by atomic mass is 35.5. The van der Waals surface area contributed by atoms with Crippen LogP contribution in [0.3, 0.4) is 0 Å². The Morgan fingerprint density at radius 2 is 2.00 bits per heavy atom. The lowest BCUT2D eigenvalue weighted by Crippen LogP contribution is -2.53. The molecule has 1 unspecified atom stereocenters. The molecule has 2 aromatic carbocycles. The summed E-state index contributed by atoms with van der Waals surface area (Å²) in [5.41, 5.74) is 1.62. The molecule has 29 heavy (non-hydrogen) atoms. The van der Waals surface area contributed by atoms with Crippen molar-refractivity contribution in [2.75, 3.05) is 11.4 Å². The summed E-state index contributed by atoms with van der Waals surface area (Å²) in [4.78, 5) is 21.2. The molecule has 148 valence electrons. The summed E-state index contributed by atoms with van der Waals surface area (Å²) in [6.45, 7) is 0.589. The predicted octanol–water partition coefficient (Wildman–Crippen LogP) is 3.90. The van der Waals surface area contributed by atoms with Gasteiger partial charge in [0, 0.05) is 30.4 Å². The number of halogens is 2. The number of phenols is 1. The van der Waals surface area contributed by atoms with Crippen LogP contribution in [0.4, 0.5) is 10.3 Å². The fourth-order valence-corrected chi connectivity index (χ4v) is 3.55. The molecule has 0 amide bonds. The molecule has 0 radical (unpaired) electrons. The Hall–Kier alpha value is -3.19. The van der Waals surface area contributed by atoms with Crippen molar-refractivity contribution in [1.82, 2.24) is 9.97 Å². The molecule has 1 saturated heterocycles. The van der Waals surface area contributed by atoms with Gasteiger partial charge in [0.1, 0.15) is 17.6 Å². The molecule has 0 saturated carbocycles. The Balaban J connectivity index is 1.59. The number of hydrogen-bond donors (Lipinski definition) is 2. The summed E-state index contributed by atoms with van der Waals surface area (Å²) >= 11 is 5.99.